The highest BCUT2D eigenvalue weighted by Gasteiger charge is 2.14. The molecule has 0 aliphatic rings. The van der Waals surface area contributed by atoms with E-state index in [1.54, 1.807) is 0 Å². The fourth-order valence-corrected chi connectivity index (χ4v) is 3.33. The van der Waals surface area contributed by atoms with Crippen molar-refractivity contribution in [3.63, 3.8) is 0 Å². The second-order valence-corrected chi connectivity index (χ2v) is 7.41. The molecule has 0 aliphatic heterocycles. The number of benzene rings is 1. The number of ether oxygens (including phenoxy) is 1. The van der Waals surface area contributed by atoms with Crippen molar-refractivity contribution in [1.82, 2.24) is 14.6 Å². The molecular formula is C17H18ClN3O2S. The number of rotatable bonds is 5. The monoisotopic (exact) mass is 363 g/mol. The van der Waals surface area contributed by atoms with Crippen LogP contribution in [-0.4, -0.2) is 32.9 Å². The first kappa shape index (κ1) is 17.0. The van der Waals surface area contributed by atoms with Crippen LogP contribution in [0.5, 0.6) is 0 Å². The average Bonchev–Trinajstić information content (AvgIpc) is 2.94. The molecule has 0 spiro atoms. The third-order valence-corrected chi connectivity index (χ3v) is 4.66. The quantitative estimate of drug-likeness (QED) is 0.503. The number of aryl methyl sites for hydroxylation is 1. The Hall–Kier alpha value is -1.79. The molecule has 3 rings (SSSR count). The number of carbonyl (C=O) groups excluding carboxylic acids is 1. The first-order valence-electron chi connectivity index (χ1n) is 7.68. The lowest BCUT2D eigenvalue weighted by Crippen LogP contribution is -2.12. The van der Waals surface area contributed by atoms with Crippen molar-refractivity contribution in [2.24, 2.45) is 5.92 Å². The zero-order valence-electron chi connectivity index (χ0n) is 13.7. The van der Waals surface area contributed by atoms with E-state index in [-0.39, 0.29) is 11.7 Å². The van der Waals surface area contributed by atoms with E-state index in [1.165, 1.54) is 11.8 Å². The average molecular weight is 364 g/mol. The van der Waals surface area contributed by atoms with Gasteiger partial charge >= 0.3 is 5.97 Å². The molecule has 1 aromatic carbocycles. The Balaban J connectivity index is 1.91. The summed E-state index contributed by atoms with van der Waals surface area (Å²) in [5, 5.41) is 10.8. The van der Waals surface area contributed by atoms with E-state index in [0.29, 0.717) is 22.7 Å². The zero-order valence-corrected chi connectivity index (χ0v) is 15.3. The minimum Gasteiger partial charge on any atom is -0.465 e. The second kappa shape index (κ2) is 6.99. The van der Waals surface area contributed by atoms with Gasteiger partial charge < -0.3 is 4.74 Å². The SMILES string of the molecule is Cc1cc2nnc(SCC(=O)OCC(C)C)n2c2ccc(Cl)cc12. The number of thioether (sulfide) groups is 1. The highest BCUT2D eigenvalue weighted by molar-refractivity contribution is 7.99. The molecule has 5 nitrogen and oxygen atoms in total. The molecule has 2 heterocycles. The maximum absolute atomic E-state index is 11.8. The predicted octanol–water partition coefficient (Wildman–Crippen LogP) is 4.14. The van der Waals surface area contributed by atoms with Gasteiger partial charge in [-0.05, 0) is 42.7 Å². The Morgan fingerprint density at radius 2 is 2.12 bits per heavy atom. The molecule has 0 radical (unpaired) electrons. The van der Waals surface area contributed by atoms with Gasteiger partial charge in [-0.25, -0.2) is 0 Å². The van der Waals surface area contributed by atoms with E-state index in [2.05, 4.69) is 10.2 Å². The summed E-state index contributed by atoms with van der Waals surface area (Å²) in [6.07, 6.45) is 0. The number of pyridine rings is 1. The van der Waals surface area contributed by atoms with Crippen molar-refractivity contribution in [2.45, 2.75) is 25.9 Å². The Bertz CT molecular complexity index is 908. The van der Waals surface area contributed by atoms with Crippen molar-refractivity contribution in [3.05, 3.63) is 34.9 Å². The van der Waals surface area contributed by atoms with E-state index < -0.39 is 0 Å². The van der Waals surface area contributed by atoms with Gasteiger partial charge in [-0.3, -0.25) is 9.20 Å². The predicted molar refractivity (Wildman–Crippen MR) is 96.8 cm³/mol. The van der Waals surface area contributed by atoms with Crippen LogP contribution in [-0.2, 0) is 9.53 Å². The number of esters is 1. The maximum Gasteiger partial charge on any atom is 0.316 e. The van der Waals surface area contributed by atoms with Crippen LogP contribution < -0.4 is 0 Å². The first-order valence-corrected chi connectivity index (χ1v) is 9.04. The van der Waals surface area contributed by atoms with Crippen LogP contribution in [0.15, 0.2) is 29.4 Å². The fourth-order valence-electron chi connectivity index (χ4n) is 2.41. The van der Waals surface area contributed by atoms with Crippen molar-refractivity contribution in [3.8, 4) is 0 Å². The highest BCUT2D eigenvalue weighted by atomic mass is 35.5. The number of nitrogens with zero attached hydrogens (tertiary/aromatic N) is 3. The third-order valence-electron chi connectivity index (χ3n) is 3.53. The molecule has 0 N–H and O–H groups in total. The molecule has 0 saturated heterocycles. The minimum atomic E-state index is -0.245. The summed E-state index contributed by atoms with van der Waals surface area (Å²) in [7, 11) is 0. The van der Waals surface area contributed by atoms with Gasteiger partial charge in [-0.15, -0.1) is 10.2 Å². The van der Waals surface area contributed by atoms with Gasteiger partial charge in [0.05, 0.1) is 17.9 Å². The normalized spacial score (nSPS) is 11.5. The number of aromatic nitrogens is 3. The van der Waals surface area contributed by atoms with Gasteiger partial charge in [0.25, 0.3) is 0 Å². The van der Waals surface area contributed by atoms with Crippen molar-refractivity contribution < 1.29 is 9.53 Å². The molecule has 0 amide bonds. The standard InChI is InChI=1S/C17H18ClN3O2S/c1-10(2)8-23-16(22)9-24-17-20-19-15-6-11(3)13-7-12(18)4-5-14(13)21(15)17/h4-7,10H,8-9H2,1-3H3. The number of fused-ring (bicyclic) bond motifs is 3. The van der Waals surface area contributed by atoms with Crippen LogP contribution in [0.25, 0.3) is 16.6 Å². The fraction of sp³-hybridized carbons (Fsp3) is 0.353. The molecule has 7 heteroatoms. The van der Waals surface area contributed by atoms with Gasteiger partial charge in [0, 0.05) is 10.4 Å². The molecule has 0 fully saturated rings. The third kappa shape index (κ3) is 3.49. The Labute approximate surface area is 149 Å². The molecule has 0 atom stereocenters. The van der Waals surface area contributed by atoms with Gasteiger partial charge in [0.15, 0.2) is 10.8 Å². The summed E-state index contributed by atoms with van der Waals surface area (Å²) < 4.78 is 7.14. The Morgan fingerprint density at radius 1 is 1.33 bits per heavy atom. The molecule has 0 bridgehead atoms. The summed E-state index contributed by atoms with van der Waals surface area (Å²) in [4.78, 5) is 11.8. The number of hydrogen-bond acceptors (Lipinski definition) is 5. The van der Waals surface area contributed by atoms with Crippen molar-refractivity contribution in [1.29, 1.82) is 0 Å². The molecule has 2 aromatic heterocycles. The topological polar surface area (TPSA) is 56.5 Å². The number of hydrogen-bond donors (Lipinski definition) is 0. The van der Waals surface area contributed by atoms with Crippen LogP contribution >= 0.6 is 23.4 Å². The molecule has 0 unspecified atom stereocenters. The largest absolute Gasteiger partial charge is 0.465 e. The van der Waals surface area contributed by atoms with Crippen molar-refractivity contribution >= 4 is 45.9 Å². The minimum absolute atomic E-state index is 0.205. The lowest BCUT2D eigenvalue weighted by molar-refractivity contribution is -0.141. The zero-order chi connectivity index (χ0) is 17.3. The van der Waals surface area contributed by atoms with Gasteiger partial charge in [0.1, 0.15) is 0 Å². The van der Waals surface area contributed by atoms with Crippen molar-refractivity contribution in [2.75, 3.05) is 12.4 Å². The van der Waals surface area contributed by atoms with Crippen LogP contribution in [0.2, 0.25) is 5.02 Å². The number of carbonyl (C=O) groups is 1. The summed E-state index contributed by atoms with van der Waals surface area (Å²) in [6, 6.07) is 7.68. The van der Waals surface area contributed by atoms with E-state index in [9.17, 15) is 4.79 Å². The van der Waals surface area contributed by atoms with E-state index in [0.717, 1.165) is 22.1 Å². The summed E-state index contributed by atoms with van der Waals surface area (Å²) in [5.74, 6) is 0.283. The van der Waals surface area contributed by atoms with E-state index in [1.807, 2.05) is 49.4 Å². The van der Waals surface area contributed by atoms with Crippen LogP contribution in [0.4, 0.5) is 0 Å². The summed E-state index contributed by atoms with van der Waals surface area (Å²) in [6.45, 7) is 6.46. The lowest BCUT2D eigenvalue weighted by atomic mass is 10.1. The molecule has 3 aromatic rings. The first-order chi connectivity index (χ1) is 11.5. The second-order valence-electron chi connectivity index (χ2n) is 6.03. The molecule has 0 saturated carbocycles. The van der Waals surface area contributed by atoms with E-state index in [4.69, 9.17) is 16.3 Å². The van der Waals surface area contributed by atoms with Crippen LogP contribution in [0.3, 0.4) is 0 Å². The Morgan fingerprint density at radius 3 is 2.88 bits per heavy atom. The highest BCUT2D eigenvalue weighted by Crippen LogP contribution is 2.27. The smallest absolute Gasteiger partial charge is 0.316 e. The molecular weight excluding hydrogens is 346 g/mol. The van der Waals surface area contributed by atoms with E-state index >= 15 is 0 Å². The summed E-state index contributed by atoms with van der Waals surface area (Å²) >= 11 is 7.43. The molecule has 0 aliphatic carbocycles. The Kier molecular flexibility index (Phi) is 4.96. The van der Waals surface area contributed by atoms with Gasteiger partial charge in [-0.2, -0.15) is 0 Å². The maximum atomic E-state index is 11.8. The number of halogens is 1. The molecule has 126 valence electrons. The molecule has 24 heavy (non-hydrogen) atoms. The van der Waals surface area contributed by atoms with Gasteiger partial charge in [-0.1, -0.05) is 37.2 Å². The van der Waals surface area contributed by atoms with Gasteiger partial charge in [0.2, 0.25) is 0 Å². The summed E-state index contributed by atoms with van der Waals surface area (Å²) in [5.41, 5.74) is 2.80. The van der Waals surface area contributed by atoms with Crippen LogP contribution in [0.1, 0.15) is 19.4 Å². The van der Waals surface area contributed by atoms with Crippen LogP contribution in [0, 0.1) is 12.8 Å². The lowest BCUT2D eigenvalue weighted by Gasteiger charge is -2.08.